The number of pyridine rings is 1. The van der Waals surface area contributed by atoms with E-state index in [-0.39, 0.29) is 18.6 Å². The van der Waals surface area contributed by atoms with Crippen LogP contribution in [0.15, 0.2) is 48.8 Å². The summed E-state index contributed by atoms with van der Waals surface area (Å²) in [5.41, 5.74) is 2.76. The van der Waals surface area contributed by atoms with Crippen molar-refractivity contribution in [1.82, 2.24) is 14.9 Å². The molecule has 3 rings (SSSR count). The fourth-order valence-corrected chi connectivity index (χ4v) is 2.80. The number of amides is 1. The average molecular weight is 338 g/mol. The maximum atomic E-state index is 11.9. The predicted molar refractivity (Wildman–Crippen MR) is 98.8 cm³/mol. The van der Waals surface area contributed by atoms with Crippen LogP contribution in [-0.4, -0.2) is 52.6 Å². The van der Waals surface area contributed by atoms with E-state index in [0.717, 1.165) is 16.5 Å². The molecule has 1 atom stereocenters. The molecule has 1 aromatic carbocycles. The Hall–Kier alpha value is -2.86. The van der Waals surface area contributed by atoms with Gasteiger partial charge in [-0.2, -0.15) is 0 Å². The number of nitrogens with one attached hydrogen (secondary N) is 2. The molecular formula is C19H22N4O2. The Morgan fingerprint density at radius 3 is 2.76 bits per heavy atom. The third-order valence-corrected chi connectivity index (χ3v) is 4.13. The van der Waals surface area contributed by atoms with Gasteiger partial charge in [-0.25, -0.2) is 4.98 Å². The van der Waals surface area contributed by atoms with Crippen LogP contribution >= 0.6 is 0 Å². The first kappa shape index (κ1) is 17.0. The summed E-state index contributed by atoms with van der Waals surface area (Å²) in [7, 11) is 3.41. The molecule has 6 heteroatoms. The molecule has 0 fully saturated rings. The van der Waals surface area contributed by atoms with Crippen molar-refractivity contribution in [3.8, 4) is 0 Å². The molecule has 0 bridgehead atoms. The lowest BCUT2D eigenvalue weighted by Gasteiger charge is -2.17. The van der Waals surface area contributed by atoms with E-state index in [1.165, 1.54) is 4.90 Å². The number of para-hydroxylation sites is 1. The maximum Gasteiger partial charge on any atom is 0.254 e. The number of H-pyrrole nitrogens is 1. The van der Waals surface area contributed by atoms with Crippen molar-refractivity contribution in [3.05, 3.63) is 59.9 Å². The van der Waals surface area contributed by atoms with Crippen LogP contribution in [0.1, 0.15) is 15.9 Å². The van der Waals surface area contributed by atoms with E-state index in [9.17, 15) is 9.90 Å². The minimum atomic E-state index is -0.165. The fourth-order valence-electron chi connectivity index (χ4n) is 2.80. The molecule has 0 aliphatic heterocycles. The van der Waals surface area contributed by atoms with E-state index in [1.807, 2.05) is 24.4 Å². The molecule has 2 aromatic heterocycles. The number of aliphatic hydroxyl groups is 1. The minimum Gasteiger partial charge on any atom is -0.394 e. The Morgan fingerprint density at radius 1 is 1.28 bits per heavy atom. The monoisotopic (exact) mass is 338 g/mol. The number of nitrogens with zero attached hydrogens (tertiary/aromatic N) is 2. The molecule has 0 saturated carbocycles. The summed E-state index contributed by atoms with van der Waals surface area (Å²) in [5.74, 6) is 0.547. The molecule has 3 N–H and O–H groups in total. The lowest BCUT2D eigenvalue weighted by atomic mass is 10.1. The number of fused-ring (bicyclic) bond motifs is 1. The van der Waals surface area contributed by atoms with Gasteiger partial charge in [0.1, 0.15) is 5.82 Å². The number of rotatable bonds is 6. The molecule has 6 nitrogen and oxygen atoms in total. The summed E-state index contributed by atoms with van der Waals surface area (Å²) in [5, 5.41) is 14.1. The second kappa shape index (κ2) is 7.36. The van der Waals surface area contributed by atoms with E-state index in [2.05, 4.69) is 21.4 Å². The number of benzene rings is 1. The zero-order valence-corrected chi connectivity index (χ0v) is 14.4. The molecule has 0 aliphatic rings. The predicted octanol–water partition coefficient (Wildman–Crippen LogP) is 2.28. The van der Waals surface area contributed by atoms with E-state index < -0.39 is 0 Å². The highest BCUT2D eigenvalue weighted by Gasteiger charge is 2.13. The van der Waals surface area contributed by atoms with Gasteiger partial charge in [0.15, 0.2) is 0 Å². The number of anilines is 1. The van der Waals surface area contributed by atoms with Crippen LogP contribution < -0.4 is 5.32 Å². The molecule has 3 aromatic rings. The lowest BCUT2D eigenvalue weighted by molar-refractivity contribution is 0.0827. The van der Waals surface area contributed by atoms with Crippen molar-refractivity contribution in [2.75, 3.05) is 26.0 Å². The summed E-state index contributed by atoms with van der Waals surface area (Å²) in [6.45, 7) is -0.0143. The van der Waals surface area contributed by atoms with Crippen LogP contribution in [0, 0.1) is 0 Å². The number of carbonyl (C=O) groups excluding carboxylic acids is 1. The molecule has 25 heavy (non-hydrogen) atoms. The molecule has 0 spiro atoms. The van der Waals surface area contributed by atoms with Crippen LogP contribution in [0.2, 0.25) is 0 Å². The standard InChI is InChI=1S/C19H22N4O2/c1-23(2)19(25)13-7-8-18(21-10-13)22-15(12-24)9-14-11-20-17-6-4-3-5-16(14)17/h3-8,10-11,15,20,24H,9,12H2,1-2H3,(H,21,22)/t15-/m0/s1. The molecule has 0 radical (unpaired) electrons. The summed E-state index contributed by atoms with van der Waals surface area (Å²) in [6.07, 6.45) is 4.19. The first-order valence-corrected chi connectivity index (χ1v) is 8.18. The number of aromatic amines is 1. The zero-order valence-electron chi connectivity index (χ0n) is 14.4. The van der Waals surface area contributed by atoms with Crippen molar-refractivity contribution in [2.45, 2.75) is 12.5 Å². The quantitative estimate of drug-likeness (QED) is 0.644. The van der Waals surface area contributed by atoms with Gasteiger partial charge in [0.25, 0.3) is 5.91 Å². The number of hydrogen-bond acceptors (Lipinski definition) is 4. The van der Waals surface area contributed by atoms with Crippen molar-refractivity contribution < 1.29 is 9.90 Å². The van der Waals surface area contributed by atoms with E-state index in [4.69, 9.17) is 0 Å². The van der Waals surface area contributed by atoms with Gasteiger partial charge in [0.05, 0.1) is 18.2 Å². The van der Waals surface area contributed by atoms with Crippen LogP contribution in [0.3, 0.4) is 0 Å². The Bertz CT molecular complexity index is 855. The number of carbonyl (C=O) groups is 1. The van der Waals surface area contributed by atoms with E-state index >= 15 is 0 Å². The number of hydrogen-bond donors (Lipinski definition) is 3. The van der Waals surface area contributed by atoms with Gasteiger partial charge in [-0.3, -0.25) is 4.79 Å². The molecule has 1 amide bonds. The second-order valence-electron chi connectivity index (χ2n) is 6.22. The zero-order chi connectivity index (χ0) is 17.8. The summed E-state index contributed by atoms with van der Waals surface area (Å²) < 4.78 is 0. The van der Waals surface area contributed by atoms with Gasteiger partial charge in [-0.15, -0.1) is 0 Å². The van der Waals surface area contributed by atoms with Crippen molar-refractivity contribution >= 4 is 22.6 Å². The van der Waals surface area contributed by atoms with Gasteiger partial charge >= 0.3 is 0 Å². The molecular weight excluding hydrogens is 316 g/mol. The van der Waals surface area contributed by atoms with Gasteiger partial charge in [0, 0.05) is 37.4 Å². The van der Waals surface area contributed by atoms with Crippen LogP contribution in [0.25, 0.3) is 10.9 Å². The smallest absolute Gasteiger partial charge is 0.254 e. The average Bonchev–Trinajstić information content (AvgIpc) is 3.04. The van der Waals surface area contributed by atoms with Gasteiger partial charge in [-0.05, 0) is 30.2 Å². The topological polar surface area (TPSA) is 81.3 Å². The van der Waals surface area contributed by atoms with Gasteiger partial charge in [0.2, 0.25) is 0 Å². The van der Waals surface area contributed by atoms with Crippen molar-refractivity contribution in [3.63, 3.8) is 0 Å². The Kier molecular flexibility index (Phi) is 5.00. The minimum absolute atomic E-state index is 0.0143. The molecule has 130 valence electrons. The maximum absolute atomic E-state index is 11.9. The highest BCUT2D eigenvalue weighted by Crippen LogP contribution is 2.20. The van der Waals surface area contributed by atoms with E-state index in [1.54, 1.807) is 32.4 Å². The molecule has 0 saturated heterocycles. The van der Waals surface area contributed by atoms with Crippen LogP contribution in [0.4, 0.5) is 5.82 Å². The summed E-state index contributed by atoms with van der Waals surface area (Å²) in [4.78, 5) is 20.9. The van der Waals surface area contributed by atoms with E-state index in [0.29, 0.717) is 17.8 Å². The van der Waals surface area contributed by atoms with Crippen molar-refractivity contribution in [1.29, 1.82) is 0 Å². The highest BCUT2D eigenvalue weighted by molar-refractivity contribution is 5.93. The van der Waals surface area contributed by atoms with Crippen molar-refractivity contribution in [2.24, 2.45) is 0 Å². The fraction of sp³-hybridized carbons (Fsp3) is 0.263. The second-order valence-corrected chi connectivity index (χ2v) is 6.22. The third kappa shape index (κ3) is 3.80. The highest BCUT2D eigenvalue weighted by atomic mass is 16.3. The van der Waals surface area contributed by atoms with Crippen LogP contribution in [-0.2, 0) is 6.42 Å². The molecule has 0 aliphatic carbocycles. The lowest BCUT2D eigenvalue weighted by Crippen LogP contribution is -2.27. The first-order valence-electron chi connectivity index (χ1n) is 8.18. The number of aromatic nitrogens is 2. The summed E-state index contributed by atoms with van der Waals surface area (Å²) >= 11 is 0. The Labute approximate surface area is 146 Å². The normalized spacial score (nSPS) is 12.1. The largest absolute Gasteiger partial charge is 0.394 e. The third-order valence-electron chi connectivity index (χ3n) is 4.13. The molecule has 0 unspecified atom stereocenters. The summed E-state index contributed by atoms with van der Waals surface area (Å²) in [6, 6.07) is 11.4. The first-order chi connectivity index (χ1) is 12.1. The van der Waals surface area contributed by atoms with Crippen LogP contribution in [0.5, 0.6) is 0 Å². The van der Waals surface area contributed by atoms with Gasteiger partial charge in [-0.1, -0.05) is 18.2 Å². The Balaban J connectivity index is 1.71. The van der Waals surface area contributed by atoms with Gasteiger partial charge < -0.3 is 20.3 Å². The number of aliphatic hydroxyl groups excluding tert-OH is 1. The SMILES string of the molecule is CN(C)C(=O)c1ccc(N[C@H](CO)Cc2c[nH]c3ccccc23)nc1. The Morgan fingerprint density at radius 2 is 2.08 bits per heavy atom. The molecule has 2 heterocycles.